The van der Waals surface area contributed by atoms with Crippen LogP contribution in [0.15, 0.2) is 66.7 Å². The summed E-state index contributed by atoms with van der Waals surface area (Å²) in [5, 5.41) is 29.7. The van der Waals surface area contributed by atoms with Crippen LogP contribution in [-0.4, -0.2) is 52.7 Å². The van der Waals surface area contributed by atoms with Gasteiger partial charge >= 0.3 is 11.9 Å². The minimum atomic E-state index is -0.932. The Morgan fingerprint density at radius 3 is 1.59 bits per heavy atom. The maximum Gasteiger partial charge on any atom is 0.344 e. The van der Waals surface area contributed by atoms with Crippen molar-refractivity contribution in [2.45, 2.75) is 162 Å². The highest BCUT2D eigenvalue weighted by molar-refractivity contribution is 5.71. The molecule has 346 valence electrons. The van der Waals surface area contributed by atoms with Crippen LogP contribution in [0.4, 0.5) is 0 Å². The van der Waals surface area contributed by atoms with E-state index in [0.717, 1.165) is 94.1 Å². The zero-order valence-corrected chi connectivity index (χ0v) is 38.9. The number of fused-ring (bicyclic) bond motifs is 4. The molecular formula is C55H78O8. The van der Waals surface area contributed by atoms with E-state index >= 15 is 0 Å². The third-order valence-corrected chi connectivity index (χ3v) is 15.3. The van der Waals surface area contributed by atoms with E-state index in [1.165, 1.54) is 60.8 Å². The third kappa shape index (κ3) is 13.8. The molecule has 2 fully saturated rings. The lowest BCUT2D eigenvalue weighted by Gasteiger charge is -2.33. The van der Waals surface area contributed by atoms with E-state index in [1.54, 1.807) is 0 Å². The Morgan fingerprint density at radius 2 is 1.11 bits per heavy atom. The monoisotopic (exact) mass is 867 g/mol. The van der Waals surface area contributed by atoms with Gasteiger partial charge in [0.2, 0.25) is 0 Å². The molecule has 3 aromatic rings. The van der Waals surface area contributed by atoms with Crippen molar-refractivity contribution in [1.29, 1.82) is 0 Å². The number of carboxylic acids is 1. The molecule has 0 bridgehead atoms. The van der Waals surface area contributed by atoms with Crippen molar-refractivity contribution in [2.24, 2.45) is 47.3 Å². The molecule has 4 aliphatic rings. The zero-order valence-electron chi connectivity index (χ0n) is 38.9. The minimum absolute atomic E-state index is 0.0632. The number of carbonyl (C=O) groups excluding carboxylic acids is 1. The summed E-state index contributed by atoms with van der Waals surface area (Å²) in [7, 11) is 0. The average Bonchev–Trinajstić information content (AvgIpc) is 3.76. The second kappa shape index (κ2) is 24.4. The van der Waals surface area contributed by atoms with Crippen LogP contribution < -0.4 is 9.47 Å². The number of carbonyl (C=O) groups is 2. The number of aliphatic hydroxyl groups is 2. The maximum atomic E-state index is 12.3. The third-order valence-electron chi connectivity index (χ3n) is 15.3. The van der Waals surface area contributed by atoms with Crippen molar-refractivity contribution in [2.75, 3.05) is 13.2 Å². The van der Waals surface area contributed by atoms with Gasteiger partial charge in [-0.25, -0.2) is 9.59 Å². The van der Waals surface area contributed by atoms with Crippen molar-refractivity contribution < 1.29 is 39.1 Å². The van der Waals surface area contributed by atoms with Crippen molar-refractivity contribution in [3.63, 3.8) is 0 Å². The van der Waals surface area contributed by atoms with Gasteiger partial charge in [-0.05, 0) is 164 Å². The first-order chi connectivity index (χ1) is 30.5. The lowest BCUT2D eigenvalue weighted by molar-refractivity contribution is -0.147. The van der Waals surface area contributed by atoms with Gasteiger partial charge in [-0.1, -0.05) is 121 Å². The van der Waals surface area contributed by atoms with Crippen LogP contribution in [0.1, 0.15) is 145 Å². The SMILES string of the molecule is CCCCCC(O)CCC1C(C)CC2Cc3c(cccc3OCC(=O)O)CC21.CCCCCC(O)CCC1C(C)CC2Cc3c(cccc3OCC(=O)OCc3ccccc3)CC21. The fourth-order valence-electron chi connectivity index (χ4n) is 12.0. The van der Waals surface area contributed by atoms with Gasteiger partial charge < -0.3 is 29.5 Å². The number of hydrogen-bond acceptors (Lipinski definition) is 7. The second-order valence-corrected chi connectivity index (χ2v) is 19.8. The quantitative estimate of drug-likeness (QED) is 0.0674. The molecule has 8 heteroatoms. The number of ether oxygens (including phenoxy) is 3. The van der Waals surface area contributed by atoms with E-state index in [0.29, 0.717) is 47.3 Å². The number of unbranched alkanes of at least 4 members (excludes halogenated alkanes) is 4. The first-order valence-electron chi connectivity index (χ1n) is 24.8. The smallest absolute Gasteiger partial charge is 0.344 e. The molecule has 0 radical (unpaired) electrons. The summed E-state index contributed by atoms with van der Waals surface area (Å²) in [5.41, 5.74) is 6.16. The molecule has 10 atom stereocenters. The van der Waals surface area contributed by atoms with Crippen molar-refractivity contribution in [3.05, 3.63) is 94.5 Å². The number of hydrogen-bond donors (Lipinski definition) is 3. The Hall–Kier alpha value is -3.88. The minimum Gasteiger partial charge on any atom is -0.482 e. The summed E-state index contributed by atoms with van der Waals surface area (Å²) < 4.78 is 16.9. The average molecular weight is 867 g/mol. The summed E-state index contributed by atoms with van der Waals surface area (Å²) in [6.45, 7) is 9.11. The van der Waals surface area contributed by atoms with Crippen LogP contribution >= 0.6 is 0 Å². The predicted octanol–water partition coefficient (Wildman–Crippen LogP) is 11.4. The lowest BCUT2D eigenvalue weighted by Crippen LogP contribution is -2.27. The molecule has 0 spiro atoms. The molecule has 4 aliphatic carbocycles. The van der Waals surface area contributed by atoms with Gasteiger partial charge in [0.25, 0.3) is 0 Å². The van der Waals surface area contributed by atoms with E-state index < -0.39 is 5.97 Å². The first-order valence-corrected chi connectivity index (χ1v) is 24.8. The highest BCUT2D eigenvalue weighted by Crippen LogP contribution is 2.52. The van der Waals surface area contributed by atoms with Gasteiger partial charge in [0.15, 0.2) is 13.2 Å². The Bertz CT molecular complexity index is 1860. The Balaban J connectivity index is 0.000000215. The van der Waals surface area contributed by atoms with E-state index in [4.69, 9.17) is 19.3 Å². The van der Waals surface area contributed by atoms with Gasteiger partial charge in [-0.15, -0.1) is 0 Å². The standard InChI is InChI=1S/C31H42O4.C24H36O4/c1-3-4-6-13-26(32)15-16-27-22(2)17-25-19-29-24(18-28(25)27)12-9-14-30(29)34-21-31(33)35-20-23-10-7-5-8-11-23;1-3-4-5-8-19(25)10-11-20-16(2)12-18-14-22-17(13-21(18)20)7-6-9-23(22)28-15-24(26)27/h5,7-12,14,22,25-28,32H,3-4,6,13,15-21H2,1-2H3;6-7,9,16,18-21,25H,3-5,8,10-15H2,1-2H3,(H,26,27). The molecule has 0 heterocycles. The van der Waals surface area contributed by atoms with E-state index in [9.17, 15) is 19.8 Å². The Kier molecular flexibility index (Phi) is 18.8. The topological polar surface area (TPSA) is 123 Å². The molecule has 63 heavy (non-hydrogen) atoms. The van der Waals surface area contributed by atoms with Crippen LogP contribution in [0.2, 0.25) is 0 Å². The molecule has 2 saturated carbocycles. The number of benzene rings is 3. The van der Waals surface area contributed by atoms with Crippen molar-refractivity contribution in [3.8, 4) is 11.5 Å². The number of aliphatic carboxylic acids is 1. The normalized spacial score (nSPS) is 25.3. The lowest BCUT2D eigenvalue weighted by atomic mass is 9.73. The maximum absolute atomic E-state index is 12.3. The van der Waals surface area contributed by atoms with Crippen LogP contribution in [0.25, 0.3) is 0 Å². The number of rotatable bonds is 22. The number of esters is 1. The predicted molar refractivity (Wildman–Crippen MR) is 250 cm³/mol. The molecule has 0 aliphatic heterocycles. The molecule has 8 nitrogen and oxygen atoms in total. The van der Waals surface area contributed by atoms with Crippen molar-refractivity contribution >= 4 is 11.9 Å². The van der Waals surface area contributed by atoms with Crippen LogP contribution in [0.5, 0.6) is 11.5 Å². The molecule has 7 rings (SSSR count). The van der Waals surface area contributed by atoms with E-state index in [1.807, 2.05) is 48.5 Å². The molecule has 3 N–H and O–H groups in total. The van der Waals surface area contributed by atoms with Crippen LogP contribution in [0.3, 0.4) is 0 Å². The fourth-order valence-corrected chi connectivity index (χ4v) is 12.0. The summed E-state index contributed by atoms with van der Waals surface area (Å²) >= 11 is 0. The van der Waals surface area contributed by atoms with Crippen LogP contribution in [0, 0.1) is 47.3 Å². The van der Waals surface area contributed by atoms with E-state index in [2.05, 4.69) is 45.9 Å². The second-order valence-electron chi connectivity index (χ2n) is 19.8. The van der Waals surface area contributed by atoms with E-state index in [-0.39, 0.29) is 38.0 Å². The number of carboxylic acid groups (broad SMARTS) is 1. The largest absolute Gasteiger partial charge is 0.482 e. The first kappa shape index (κ1) is 48.6. The molecule has 0 saturated heterocycles. The molecule has 3 aromatic carbocycles. The molecule has 0 amide bonds. The zero-order chi connectivity index (χ0) is 44.7. The summed E-state index contributed by atoms with van der Waals surface area (Å²) in [4.78, 5) is 23.1. The van der Waals surface area contributed by atoms with Gasteiger partial charge in [0.05, 0.1) is 12.2 Å². The highest BCUT2D eigenvalue weighted by Gasteiger charge is 2.45. The number of aliphatic hydroxyl groups excluding tert-OH is 2. The molecular weight excluding hydrogens is 789 g/mol. The van der Waals surface area contributed by atoms with Gasteiger partial charge in [-0.2, -0.15) is 0 Å². The van der Waals surface area contributed by atoms with Gasteiger partial charge in [0, 0.05) is 0 Å². The van der Waals surface area contributed by atoms with Crippen molar-refractivity contribution in [1.82, 2.24) is 0 Å². The molecule has 10 unspecified atom stereocenters. The van der Waals surface area contributed by atoms with Crippen LogP contribution in [-0.2, 0) is 46.6 Å². The Labute approximate surface area is 378 Å². The fraction of sp³-hybridized carbons (Fsp3) is 0.636. The summed E-state index contributed by atoms with van der Waals surface area (Å²) in [6.07, 6.45) is 19.5. The molecule has 0 aromatic heterocycles. The van der Waals surface area contributed by atoms with Gasteiger partial charge in [0.1, 0.15) is 18.1 Å². The Morgan fingerprint density at radius 1 is 0.619 bits per heavy atom. The summed E-state index contributed by atoms with van der Waals surface area (Å²) in [5.74, 6) is 5.75. The highest BCUT2D eigenvalue weighted by atomic mass is 16.6. The summed E-state index contributed by atoms with van der Waals surface area (Å²) in [6, 6.07) is 22.1. The van der Waals surface area contributed by atoms with Gasteiger partial charge in [-0.3, -0.25) is 0 Å².